The summed E-state index contributed by atoms with van der Waals surface area (Å²) in [5.74, 6) is -0.740. The average Bonchev–Trinajstić information content (AvgIpc) is 3.33. The van der Waals surface area contributed by atoms with Crippen molar-refractivity contribution >= 4 is 32.8 Å². The minimum absolute atomic E-state index is 0.112. The fraction of sp³-hybridized carbons (Fsp3) is 0.429. The Labute approximate surface area is 189 Å². The molecular formula is C21H21ClN4O5S. The number of aromatic nitrogens is 3. The number of ether oxygens (including phenoxy) is 3. The number of aryl methyl sites for hydroxylation is 1. The summed E-state index contributed by atoms with van der Waals surface area (Å²) in [5, 5.41) is 0.311. The van der Waals surface area contributed by atoms with Crippen molar-refractivity contribution in [3.63, 3.8) is 0 Å². The van der Waals surface area contributed by atoms with E-state index in [1.54, 1.807) is 35.2 Å². The second-order valence-electron chi connectivity index (χ2n) is 8.79. The van der Waals surface area contributed by atoms with Crippen LogP contribution in [0.5, 0.6) is 0 Å². The van der Waals surface area contributed by atoms with Crippen molar-refractivity contribution in [2.45, 2.75) is 62.5 Å². The van der Waals surface area contributed by atoms with Crippen LogP contribution in [-0.4, -0.2) is 46.6 Å². The van der Waals surface area contributed by atoms with E-state index in [1.165, 1.54) is 6.07 Å². The lowest BCUT2D eigenvalue weighted by atomic mass is 10.1. The molecular weight excluding hydrogens is 456 g/mol. The number of nitrogens with zero attached hydrogens (tertiary/aromatic N) is 4. The Hall–Kier alpha value is -2.24. The molecule has 0 N–H and O–H groups in total. The number of rotatable bonds is 2. The summed E-state index contributed by atoms with van der Waals surface area (Å²) >= 11 is 6.50. The molecule has 3 aliphatic rings. The van der Waals surface area contributed by atoms with E-state index in [1.807, 2.05) is 25.3 Å². The first-order valence-electron chi connectivity index (χ1n) is 10.3. The van der Waals surface area contributed by atoms with Crippen LogP contribution < -0.4 is 5.49 Å². The molecule has 2 aromatic heterocycles. The maximum atomic E-state index is 13.1. The fourth-order valence-corrected chi connectivity index (χ4v) is 5.91. The lowest BCUT2D eigenvalue weighted by Crippen LogP contribution is -2.37. The SMILES string of the molecule is Cc1ccc(S(=O)(=O)/N=c2\cc(Cl)c3ncn4c3n2C[C@H]2O[C@@H]4[C@@H]3OC(C)(C)O[C@@H]32)cc1. The van der Waals surface area contributed by atoms with Crippen LogP contribution in [0.2, 0.25) is 5.02 Å². The second-order valence-corrected chi connectivity index (χ2v) is 10.8. The molecule has 3 aliphatic heterocycles. The topological polar surface area (TPSA) is 96.9 Å². The van der Waals surface area contributed by atoms with Crippen LogP contribution >= 0.6 is 11.6 Å². The third-order valence-electron chi connectivity index (χ3n) is 6.08. The van der Waals surface area contributed by atoms with E-state index >= 15 is 0 Å². The number of sulfonamides is 1. The Morgan fingerprint density at radius 3 is 2.66 bits per heavy atom. The molecule has 3 aromatic rings. The minimum atomic E-state index is -3.96. The predicted octanol–water partition coefficient (Wildman–Crippen LogP) is 2.52. The highest BCUT2D eigenvalue weighted by atomic mass is 35.5. The molecule has 2 fully saturated rings. The molecule has 1 aromatic carbocycles. The summed E-state index contributed by atoms with van der Waals surface area (Å²) in [7, 11) is -3.96. The van der Waals surface area contributed by atoms with E-state index in [2.05, 4.69) is 9.38 Å². The van der Waals surface area contributed by atoms with Gasteiger partial charge in [0.25, 0.3) is 10.0 Å². The molecule has 0 unspecified atom stereocenters. The first-order valence-corrected chi connectivity index (χ1v) is 12.1. The molecule has 2 bridgehead atoms. The van der Waals surface area contributed by atoms with Crippen LogP contribution in [0.1, 0.15) is 25.6 Å². The van der Waals surface area contributed by atoms with Gasteiger partial charge in [-0.2, -0.15) is 8.42 Å². The number of halogens is 1. The molecule has 11 heteroatoms. The van der Waals surface area contributed by atoms with Crippen molar-refractivity contribution in [1.82, 2.24) is 14.1 Å². The number of hydrogen-bond acceptors (Lipinski definition) is 6. The molecule has 6 rings (SSSR count). The van der Waals surface area contributed by atoms with E-state index in [0.717, 1.165) is 5.56 Å². The Morgan fingerprint density at radius 1 is 1.19 bits per heavy atom. The van der Waals surface area contributed by atoms with Gasteiger partial charge in [0.15, 0.2) is 12.0 Å². The molecule has 32 heavy (non-hydrogen) atoms. The normalized spacial score (nSPS) is 28.8. The first kappa shape index (κ1) is 20.4. The summed E-state index contributed by atoms with van der Waals surface area (Å²) in [6.07, 6.45) is 0.208. The van der Waals surface area contributed by atoms with Gasteiger partial charge >= 0.3 is 0 Å². The van der Waals surface area contributed by atoms with Crippen LogP contribution in [-0.2, 0) is 30.8 Å². The number of pyridine rings is 1. The van der Waals surface area contributed by atoms with E-state index in [0.29, 0.717) is 22.7 Å². The fourth-order valence-electron chi connectivity index (χ4n) is 4.70. The van der Waals surface area contributed by atoms with Gasteiger partial charge in [-0.3, -0.25) is 4.57 Å². The Kier molecular flexibility index (Phi) is 4.23. The van der Waals surface area contributed by atoms with Gasteiger partial charge in [-0.1, -0.05) is 29.3 Å². The number of fused-ring (bicyclic) bond motifs is 6. The van der Waals surface area contributed by atoms with Crippen molar-refractivity contribution < 1.29 is 22.6 Å². The van der Waals surface area contributed by atoms with Crippen LogP contribution in [0.4, 0.5) is 0 Å². The van der Waals surface area contributed by atoms with E-state index in [9.17, 15) is 8.42 Å². The molecule has 9 nitrogen and oxygen atoms in total. The van der Waals surface area contributed by atoms with Crippen LogP contribution in [0.25, 0.3) is 11.2 Å². The summed E-state index contributed by atoms with van der Waals surface area (Å²) in [5.41, 5.74) is 2.34. The van der Waals surface area contributed by atoms with Gasteiger partial charge in [-0.05, 0) is 32.9 Å². The van der Waals surface area contributed by atoms with Crippen LogP contribution in [0, 0.1) is 6.92 Å². The van der Waals surface area contributed by atoms with Gasteiger partial charge in [-0.15, -0.1) is 4.40 Å². The van der Waals surface area contributed by atoms with Crippen molar-refractivity contribution in [2.75, 3.05) is 0 Å². The number of benzene rings is 1. The summed E-state index contributed by atoms with van der Waals surface area (Å²) in [6.45, 7) is 5.95. The van der Waals surface area contributed by atoms with Gasteiger partial charge in [0.1, 0.15) is 35.0 Å². The number of imidazole rings is 1. The smallest absolute Gasteiger partial charge is 0.284 e. The Morgan fingerprint density at radius 2 is 1.91 bits per heavy atom. The minimum Gasteiger partial charge on any atom is -0.347 e. The average molecular weight is 477 g/mol. The highest BCUT2D eigenvalue weighted by Crippen LogP contribution is 2.45. The number of hydrogen-bond donors (Lipinski definition) is 0. The summed E-state index contributed by atoms with van der Waals surface area (Å²) in [4.78, 5) is 4.56. The van der Waals surface area contributed by atoms with Gasteiger partial charge < -0.3 is 18.8 Å². The highest BCUT2D eigenvalue weighted by molar-refractivity contribution is 7.90. The lowest BCUT2D eigenvalue weighted by molar-refractivity contribution is -0.196. The lowest BCUT2D eigenvalue weighted by Gasteiger charge is -2.23. The molecule has 0 aliphatic carbocycles. The zero-order valence-electron chi connectivity index (χ0n) is 17.6. The van der Waals surface area contributed by atoms with Gasteiger partial charge in [0.2, 0.25) is 0 Å². The maximum Gasteiger partial charge on any atom is 0.284 e. The summed E-state index contributed by atoms with van der Waals surface area (Å²) in [6, 6.07) is 8.09. The third kappa shape index (κ3) is 2.97. The largest absolute Gasteiger partial charge is 0.347 e. The third-order valence-corrected chi connectivity index (χ3v) is 7.66. The van der Waals surface area contributed by atoms with Crippen LogP contribution in [0.3, 0.4) is 0 Å². The van der Waals surface area contributed by atoms with Gasteiger partial charge in [0, 0.05) is 6.07 Å². The van der Waals surface area contributed by atoms with E-state index in [-0.39, 0.29) is 28.7 Å². The highest BCUT2D eigenvalue weighted by Gasteiger charge is 2.57. The molecule has 0 amide bonds. The molecule has 0 spiro atoms. The predicted molar refractivity (Wildman–Crippen MR) is 114 cm³/mol. The molecule has 2 saturated heterocycles. The summed E-state index contributed by atoms with van der Waals surface area (Å²) < 4.78 is 52.4. The zero-order chi connectivity index (χ0) is 22.4. The van der Waals surface area contributed by atoms with Gasteiger partial charge in [-0.25, -0.2) is 4.98 Å². The standard InChI is InChI=1S/C21H21ClN4O5S/c1-11-4-6-12(7-5-11)32(27,28)24-15-8-13(22)16-19-25(15)9-14-17-18(31-21(2,3)30-17)20(29-14)26(19)10-23-16/h4-8,10,14,17-18,20H,9H2,1-3H3/b24-15+/t14-,17-,18-,20-/m1/s1. The molecule has 168 valence electrons. The monoisotopic (exact) mass is 476 g/mol. The van der Waals surface area contributed by atoms with E-state index < -0.39 is 22.0 Å². The molecule has 0 saturated carbocycles. The molecule has 5 heterocycles. The van der Waals surface area contributed by atoms with E-state index in [4.69, 9.17) is 25.8 Å². The van der Waals surface area contributed by atoms with Crippen molar-refractivity contribution in [3.8, 4) is 0 Å². The van der Waals surface area contributed by atoms with Crippen molar-refractivity contribution in [2.24, 2.45) is 4.40 Å². The maximum absolute atomic E-state index is 13.1. The molecule has 4 atom stereocenters. The first-order chi connectivity index (χ1) is 15.1. The molecule has 0 radical (unpaired) electrons. The second kappa shape index (κ2) is 6.64. The van der Waals surface area contributed by atoms with Crippen LogP contribution in [0.15, 0.2) is 46.0 Å². The zero-order valence-corrected chi connectivity index (χ0v) is 19.2. The van der Waals surface area contributed by atoms with Crippen molar-refractivity contribution in [3.05, 3.63) is 52.7 Å². The van der Waals surface area contributed by atoms with Gasteiger partial charge in [0.05, 0.1) is 22.8 Å². The quantitative estimate of drug-likeness (QED) is 0.563. The Balaban J connectivity index is 1.56. The Bertz CT molecular complexity index is 1430. The van der Waals surface area contributed by atoms with Crippen molar-refractivity contribution in [1.29, 1.82) is 0 Å².